The number of hydrogen-bond donors (Lipinski definition) is 2. The Morgan fingerprint density at radius 3 is 2.63 bits per heavy atom. The average Bonchev–Trinajstić information content (AvgIpc) is 3.73. The Bertz CT molecular complexity index is 1660. The molecule has 1 atom stereocenters. The first-order valence-electron chi connectivity index (χ1n) is 12.4. The molecule has 3 heterocycles. The molecule has 0 radical (unpaired) electrons. The molecule has 0 amide bonds. The van der Waals surface area contributed by atoms with E-state index in [4.69, 9.17) is 16.0 Å². The molecule has 200 valence electrons. The molecule has 1 aliphatic heterocycles. The third-order valence-electron chi connectivity index (χ3n) is 7.06. The van der Waals surface area contributed by atoms with Gasteiger partial charge in [0.2, 0.25) is 10.0 Å². The number of rotatable bonds is 7. The number of aryl methyl sites for hydroxylation is 1. The molecule has 0 bridgehead atoms. The molecule has 0 saturated heterocycles. The Balaban J connectivity index is 1.55. The first-order chi connectivity index (χ1) is 18.0. The van der Waals surface area contributed by atoms with Gasteiger partial charge in [-0.15, -0.1) is 0 Å². The van der Waals surface area contributed by atoms with Crippen LogP contribution in [-0.2, 0) is 10.0 Å². The van der Waals surface area contributed by atoms with Crippen molar-refractivity contribution in [1.82, 2.24) is 9.29 Å². The number of halogens is 1. The SMILES string of the molecule is Cc1cc([C@@H](C)Nc2ccc(Cl)nc2C(=O)O)c2oc(C3=CCN(S(=O)(=O)C4CC4)CC3)c(C)c(=O)c2c1. The van der Waals surface area contributed by atoms with E-state index in [1.807, 2.05) is 26.0 Å². The summed E-state index contributed by atoms with van der Waals surface area (Å²) >= 11 is 5.90. The van der Waals surface area contributed by atoms with Gasteiger partial charge in [0.15, 0.2) is 11.1 Å². The summed E-state index contributed by atoms with van der Waals surface area (Å²) in [7, 11) is -3.28. The molecule has 1 saturated carbocycles. The van der Waals surface area contributed by atoms with E-state index < -0.39 is 22.0 Å². The highest BCUT2D eigenvalue weighted by molar-refractivity contribution is 7.90. The van der Waals surface area contributed by atoms with E-state index in [0.29, 0.717) is 53.7 Å². The number of aromatic nitrogens is 1. The molecule has 1 fully saturated rings. The van der Waals surface area contributed by atoms with Crippen molar-refractivity contribution in [2.45, 2.75) is 51.3 Å². The number of aromatic carboxylic acids is 1. The Morgan fingerprint density at radius 1 is 1.26 bits per heavy atom. The predicted octanol–water partition coefficient (Wildman–Crippen LogP) is 4.91. The molecule has 2 aromatic heterocycles. The highest BCUT2D eigenvalue weighted by atomic mass is 35.5. The van der Waals surface area contributed by atoms with Gasteiger partial charge >= 0.3 is 5.97 Å². The Kier molecular flexibility index (Phi) is 6.83. The largest absolute Gasteiger partial charge is 0.476 e. The number of pyridine rings is 1. The molecular formula is C27H28ClN3O6S. The monoisotopic (exact) mass is 557 g/mol. The van der Waals surface area contributed by atoms with Gasteiger partial charge in [0.25, 0.3) is 0 Å². The van der Waals surface area contributed by atoms with E-state index in [9.17, 15) is 23.1 Å². The lowest BCUT2D eigenvalue weighted by Crippen LogP contribution is -2.37. The molecular weight excluding hydrogens is 530 g/mol. The third-order valence-corrected chi connectivity index (χ3v) is 9.64. The van der Waals surface area contributed by atoms with Crippen LogP contribution in [0.1, 0.15) is 65.2 Å². The first kappa shape index (κ1) is 26.4. The number of fused-ring (bicyclic) bond motifs is 1. The van der Waals surface area contributed by atoms with Crippen LogP contribution in [0, 0.1) is 13.8 Å². The summed E-state index contributed by atoms with van der Waals surface area (Å²) in [6, 6.07) is 6.27. The summed E-state index contributed by atoms with van der Waals surface area (Å²) in [6.07, 6.45) is 3.69. The molecule has 9 nitrogen and oxygen atoms in total. The number of benzene rings is 1. The first-order valence-corrected chi connectivity index (χ1v) is 14.3. The van der Waals surface area contributed by atoms with Crippen LogP contribution >= 0.6 is 11.6 Å². The summed E-state index contributed by atoms with van der Waals surface area (Å²) in [4.78, 5) is 29.1. The quantitative estimate of drug-likeness (QED) is 0.392. The molecule has 11 heteroatoms. The number of carboxylic acid groups (broad SMARTS) is 1. The van der Waals surface area contributed by atoms with Crippen molar-refractivity contribution in [1.29, 1.82) is 0 Å². The molecule has 3 aromatic rings. The predicted molar refractivity (Wildman–Crippen MR) is 146 cm³/mol. The highest BCUT2D eigenvalue weighted by Gasteiger charge is 2.40. The topological polar surface area (TPSA) is 130 Å². The average molecular weight is 558 g/mol. The minimum atomic E-state index is -3.28. The summed E-state index contributed by atoms with van der Waals surface area (Å²) in [6.45, 7) is 6.02. The molecule has 0 unspecified atom stereocenters. The van der Waals surface area contributed by atoms with Gasteiger partial charge in [-0.2, -0.15) is 4.31 Å². The number of nitrogens with one attached hydrogen (secondary N) is 1. The number of nitrogens with zero attached hydrogens (tertiary/aromatic N) is 2. The van der Waals surface area contributed by atoms with Gasteiger partial charge in [-0.3, -0.25) is 4.79 Å². The molecule has 1 aromatic carbocycles. The van der Waals surface area contributed by atoms with Gasteiger partial charge in [0.1, 0.15) is 16.5 Å². The smallest absolute Gasteiger partial charge is 0.356 e. The zero-order chi connectivity index (χ0) is 27.4. The Hall–Kier alpha value is -3.21. The van der Waals surface area contributed by atoms with Crippen molar-refractivity contribution < 1.29 is 22.7 Å². The lowest BCUT2D eigenvalue weighted by atomic mass is 9.97. The number of sulfonamides is 1. The molecule has 38 heavy (non-hydrogen) atoms. The third kappa shape index (κ3) is 4.83. The van der Waals surface area contributed by atoms with E-state index in [-0.39, 0.29) is 33.8 Å². The minimum Gasteiger partial charge on any atom is -0.476 e. The molecule has 0 spiro atoms. The van der Waals surface area contributed by atoms with Crippen LogP contribution in [0.4, 0.5) is 5.69 Å². The zero-order valence-electron chi connectivity index (χ0n) is 21.2. The van der Waals surface area contributed by atoms with E-state index in [2.05, 4.69) is 10.3 Å². The molecule has 2 N–H and O–H groups in total. The van der Waals surface area contributed by atoms with Gasteiger partial charge in [0.05, 0.1) is 22.4 Å². The van der Waals surface area contributed by atoms with E-state index in [1.165, 1.54) is 10.4 Å². The van der Waals surface area contributed by atoms with Crippen molar-refractivity contribution in [2.75, 3.05) is 18.4 Å². The van der Waals surface area contributed by atoms with Crippen molar-refractivity contribution >= 4 is 49.8 Å². The number of carbonyl (C=O) groups is 1. The van der Waals surface area contributed by atoms with E-state index in [1.54, 1.807) is 19.1 Å². The second kappa shape index (κ2) is 9.83. The summed E-state index contributed by atoms with van der Waals surface area (Å²) in [5, 5.41) is 13.0. The lowest BCUT2D eigenvalue weighted by Gasteiger charge is -2.26. The fourth-order valence-corrected chi connectivity index (χ4v) is 6.81. The maximum Gasteiger partial charge on any atom is 0.356 e. The van der Waals surface area contributed by atoms with Crippen LogP contribution in [0.3, 0.4) is 0 Å². The molecule has 5 rings (SSSR count). The van der Waals surface area contributed by atoms with Crippen LogP contribution < -0.4 is 10.7 Å². The maximum atomic E-state index is 13.5. The fourth-order valence-electron chi connectivity index (χ4n) is 4.89. The lowest BCUT2D eigenvalue weighted by molar-refractivity contribution is 0.0691. The van der Waals surface area contributed by atoms with Crippen molar-refractivity contribution in [3.05, 3.63) is 73.9 Å². The van der Waals surface area contributed by atoms with Crippen LogP contribution in [-0.4, -0.2) is 47.1 Å². The van der Waals surface area contributed by atoms with Crippen LogP contribution in [0.15, 0.2) is 39.6 Å². The van der Waals surface area contributed by atoms with Gasteiger partial charge in [-0.05, 0) is 69.4 Å². The van der Waals surface area contributed by atoms with E-state index in [0.717, 1.165) is 11.1 Å². The van der Waals surface area contributed by atoms with Gasteiger partial charge in [0, 0.05) is 24.2 Å². The number of carboxylic acids is 1. The standard InChI is InChI=1S/C27H28ClN3O6S/c1-14-12-19(16(3)29-21-6-7-22(28)30-23(21)27(33)34)26-20(13-14)24(32)15(2)25(37-26)17-8-10-31(11-9-17)38(35,36)18-4-5-18/h6-8,12-13,16,18,29H,4-5,9-11H2,1-3H3,(H,33,34)/t16-/m1/s1. The minimum absolute atomic E-state index is 0.0666. The summed E-state index contributed by atoms with van der Waals surface area (Å²) < 4.78 is 33.2. The Morgan fingerprint density at radius 2 is 2.00 bits per heavy atom. The second-order valence-electron chi connectivity index (χ2n) is 9.90. The second-order valence-corrected chi connectivity index (χ2v) is 12.5. The van der Waals surface area contributed by atoms with Crippen LogP contribution in [0.25, 0.3) is 16.5 Å². The Labute approximate surface area is 225 Å². The van der Waals surface area contributed by atoms with Crippen molar-refractivity contribution in [2.24, 2.45) is 0 Å². The van der Waals surface area contributed by atoms with Gasteiger partial charge in [-0.1, -0.05) is 23.7 Å². The van der Waals surface area contributed by atoms with Gasteiger partial charge in [-0.25, -0.2) is 18.2 Å². The normalized spacial score (nSPS) is 17.3. The van der Waals surface area contributed by atoms with Crippen molar-refractivity contribution in [3.8, 4) is 0 Å². The highest BCUT2D eigenvalue weighted by Crippen LogP contribution is 2.35. The van der Waals surface area contributed by atoms with Gasteiger partial charge < -0.3 is 14.8 Å². The molecule has 2 aliphatic rings. The number of anilines is 1. The molecule has 1 aliphatic carbocycles. The maximum absolute atomic E-state index is 13.5. The van der Waals surface area contributed by atoms with Crippen LogP contribution in [0.2, 0.25) is 5.15 Å². The number of hydrogen-bond acceptors (Lipinski definition) is 7. The van der Waals surface area contributed by atoms with E-state index >= 15 is 0 Å². The van der Waals surface area contributed by atoms with Crippen LogP contribution in [0.5, 0.6) is 0 Å². The summed E-state index contributed by atoms with van der Waals surface area (Å²) in [5.41, 5.74) is 3.11. The zero-order valence-corrected chi connectivity index (χ0v) is 22.8. The van der Waals surface area contributed by atoms with Crippen molar-refractivity contribution in [3.63, 3.8) is 0 Å². The summed E-state index contributed by atoms with van der Waals surface area (Å²) in [5.74, 6) is -0.773. The fraction of sp³-hybridized carbons (Fsp3) is 0.370.